The number of aromatic nitrogens is 1. The second-order valence-electron chi connectivity index (χ2n) is 8.20. The van der Waals surface area contributed by atoms with Crippen LogP contribution in [0.25, 0.3) is 11.1 Å². The zero-order valence-electron chi connectivity index (χ0n) is 19.8. The fourth-order valence-corrected chi connectivity index (χ4v) is 3.84. The average molecular weight is 499 g/mol. The van der Waals surface area contributed by atoms with Gasteiger partial charge >= 0.3 is 12.3 Å². The number of amides is 2. The molecule has 0 atom stereocenters. The molecule has 7 nitrogen and oxygen atoms in total. The summed E-state index contributed by atoms with van der Waals surface area (Å²) in [5, 5.41) is 13.3. The summed E-state index contributed by atoms with van der Waals surface area (Å²) >= 11 is 0. The number of carbonyl (C=O) groups excluding carboxylic acids is 2. The quantitative estimate of drug-likeness (QED) is 0.263. The van der Waals surface area contributed by atoms with Crippen molar-refractivity contribution in [3.8, 4) is 11.1 Å². The van der Waals surface area contributed by atoms with E-state index >= 15 is 0 Å². The molecule has 3 aromatic rings. The number of hydrogen-bond acceptors (Lipinski definition) is 4. The minimum atomic E-state index is -4.72. The number of nitrogens with one attached hydrogen (secondary N) is 2. The molecule has 0 aliphatic heterocycles. The minimum absolute atomic E-state index is 0.0112. The molecule has 36 heavy (non-hydrogen) atoms. The molecular weight excluding hydrogens is 475 g/mol. The van der Waals surface area contributed by atoms with E-state index in [1.165, 1.54) is 13.0 Å². The van der Waals surface area contributed by atoms with Crippen molar-refractivity contribution in [2.24, 2.45) is 0 Å². The molecular formula is C26H24F3N3O4. The van der Waals surface area contributed by atoms with Gasteiger partial charge in [0.15, 0.2) is 5.78 Å². The van der Waals surface area contributed by atoms with Crippen LogP contribution in [0.3, 0.4) is 0 Å². The van der Waals surface area contributed by atoms with Crippen molar-refractivity contribution in [2.75, 3.05) is 10.6 Å². The molecule has 0 saturated heterocycles. The molecule has 3 N–H and O–H groups in total. The Labute approximate surface area is 205 Å². The Bertz CT molecular complexity index is 1320. The second-order valence-corrected chi connectivity index (χ2v) is 8.20. The van der Waals surface area contributed by atoms with Crippen LogP contribution < -0.4 is 10.6 Å². The summed E-state index contributed by atoms with van der Waals surface area (Å²) in [7, 11) is 0. The van der Waals surface area contributed by atoms with Gasteiger partial charge in [0, 0.05) is 17.0 Å². The third-order valence-electron chi connectivity index (χ3n) is 5.37. The number of hydrogen-bond donors (Lipinski definition) is 3. The number of rotatable bonds is 7. The SMILES string of the molecule is CCc1cc(NC(=O)O)c(NC(=O)CC(=O)c2cccc(-c3cc(C)nc(C)c3)c2)cc1C(F)(F)F. The van der Waals surface area contributed by atoms with Gasteiger partial charge in [0.1, 0.15) is 0 Å². The van der Waals surface area contributed by atoms with Gasteiger partial charge in [-0.25, -0.2) is 4.79 Å². The molecule has 2 aromatic carbocycles. The topological polar surface area (TPSA) is 108 Å². The predicted octanol–water partition coefficient (Wildman–Crippen LogP) is 6.25. The summed E-state index contributed by atoms with van der Waals surface area (Å²) in [5.41, 5.74) is 1.69. The molecule has 3 rings (SSSR count). The molecule has 1 heterocycles. The van der Waals surface area contributed by atoms with Gasteiger partial charge in [-0.15, -0.1) is 0 Å². The first-order valence-corrected chi connectivity index (χ1v) is 11.0. The molecule has 0 radical (unpaired) electrons. The predicted molar refractivity (Wildman–Crippen MR) is 129 cm³/mol. The van der Waals surface area contributed by atoms with Crippen LogP contribution in [0.4, 0.5) is 29.3 Å². The lowest BCUT2D eigenvalue weighted by atomic mass is 9.99. The Morgan fingerprint density at radius 2 is 1.56 bits per heavy atom. The first-order chi connectivity index (χ1) is 16.9. The number of alkyl halides is 3. The van der Waals surface area contributed by atoms with E-state index < -0.39 is 41.6 Å². The summed E-state index contributed by atoms with van der Waals surface area (Å²) < 4.78 is 40.5. The molecule has 0 saturated carbocycles. The Morgan fingerprint density at radius 3 is 2.14 bits per heavy atom. The minimum Gasteiger partial charge on any atom is -0.465 e. The standard InChI is InChI=1S/C26H24F3N3O4/c1-4-16-11-21(32-25(35)36)22(12-20(16)26(27,28)29)31-24(34)13-23(33)18-7-5-6-17(10-18)19-8-14(2)30-15(3)9-19/h5-12,32H,4,13H2,1-3H3,(H,31,34)(H,35,36). The molecule has 188 valence electrons. The zero-order chi connectivity index (χ0) is 26.6. The van der Waals surface area contributed by atoms with Gasteiger partial charge in [-0.3, -0.25) is 19.9 Å². The summed E-state index contributed by atoms with van der Waals surface area (Å²) in [6.45, 7) is 5.19. The van der Waals surface area contributed by atoms with Gasteiger partial charge in [0.05, 0.1) is 23.4 Å². The number of carbonyl (C=O) groups is 3. The van der Waals surface area contributed by atoms with Gasteiger partial charge in [-0.1, -0.05) is 25.1 Å². The van der Waals surface area contributed by atoms with E-state index in [0.717, 1.165) is 28.6 Å². The van der Waals surface area contributed by atoms with Gasteiger partial charge in [0.2, 0.25) is 5.91 Å². The molecule has 2 amide bonds. The van der Waals surface area contributed by atoms with Crippen molar-refractivity contribution < 1.29 is 32.7 Å². The maximum Gasteiger partial charge on any atom is 0.416 e. The lowest BCUT2D eigenvalue weighted by Crippen LogP contribution is -2.20. The number of carboxylic acid groups (broad SMARTS) is 1. The highest BCUT2D eigenvalue weighted by molar-refractivity contribution is 6.12. The molecule has 1 aromatic heterocycles. The van der Waals surface area contributed by atoms with Crippen LogP contribution in [-0.4, -0.2) is 27.9 Å². The van der Waals surface area contributed by atoms with E-state index in [-0.39, 0.29) is 23.2 Å². The number of halogens is 3. The highest BCUT2D eigenvalue weighted by atomic mass is 19.4. The largest absolute Gasteiger partial charge is 0.465 e. The smallest absolute Gasteiger partial charge is 0.416 e. The monoisotopic (exact) mass is 499 g/mol. The number of Topliss-reactive ketones (excluding diaryl/α,β-unsaturated/α-hetero) is 1. The fraction of sp³-hybridized carbons (Fsp3) is 0.231. The highest BCUT2D eigenvalue weighted by Crippen LogP contribution is 2.37. The van der Waals surface area contributed by atoms with E-state index in [4.69, 9.17) is 5.11 Å². The second kappa shape index (κ2) is 10.6. The maximum absolute atomic E-state index is 13.5. The van der Waals surface area contributed by atoms with E-state index in [1.54, 1.807) is 12.1 Å². The number of anilines is 2. The fourth-order valence-electron chi connectivity index (χ4n) is 3.84. The van der Waals surface area contributed by atoms with Crippen LogP contribution in [-0.2, 0) is 17.4 Å². The van der Waals surface area contributed by atoms with Crippen LogP contribution in [0.1, 0.15) is 46.2 Å². The number of benzene rings is 2. The van der Waals surface area contributed by atoms with Crippen LogP contribution in [0.2, 0.25) is 0 Å². The van der Waals surface area contributed by atoms with E-state index in [1.807, 2.05) is 37.4 Å². The summed E-state index contributed by atoms with van der Waals surface area (Å²) in [6, 6.07) is 12.0. The number of pyridine rings is 1. The van der Waals surface area contributed by atoms with Gasteiger partial charge in [0.25, 0.3) is 0 Å². The number of ketones is 1. The summed E-state index contributed by atoms with van der Waals surface area (Å²) in [5.74, 6) is -1.43. The lowest BCUT2D eigenvalue weighted by Gasteiger charge is -2.18. The van der Waals surface area contributed by atoms with E-state index in [0.29, 0.717) is 6.07 Å². The molecule has 0 fully saturated rings. The van der Waals surface area contributed by atoms with E-state index in [2.05, 4.69) is 10.3 Å². The first-order valence-electron chi connectivity index (χ1n) is 11.0. The maximum atomic E-state index is 13.5. The molecule has 0 bridgehead atoms. The van der Waals surface area contributed by atoms with Crippen molar-refractivity contribution in [2.45, 2.75) is 39.8 Å². The van der Waals surface area contributed by atoms with Gasteiger partial charge in [-0.2, -0.15) is 13.2 Å². The Kier molecular flexibility index (Phi) is 7.77. The molecule has 0 aliphatic rings. The third kappa shape index (κ3) is 6.47. The average Bonchev–Trinajstić information content (AvgIpc) is 2.78. The van der Waals surface area contributed by atoms with Gasteiger partial charge < -0.3 is 10.4 Å². The van der Waals surface area contributed by atoms with Crippen molar-refractivity contribution in [1.29, 1.82) is 0 Å². The highest BCUT2D eigenvalue weighted by Gasteiger charge is 2.34. The Morgan fingerprint density at radius 1 is 0.917 bits per heavy atom. The molecule has 10 heteroatoms. The van der Waals surface area contributed by atoms with Crippen LogP contribution in [0.5, 0.6) is 0 Å². The van der Waals surface area contributed by atoms with Crippen molar-refractivity contribution in [3.05, 3.63) is 76.6 Å². The zero-order valence-corrected chi connectivity index (χ0v) is 19.8. The summed E-state index contributed by atoms with van der Waals surface area (Å²) in [6.07, 6.45) is -6.89. The third-order valence-corrected chi connectivity index (χ3v) is 5.37. The first kappa shape index (κ1) is 26.4. The van der Waals surface area contributed by atoms with Crippen LogP contribution in [0.15, 0.2) is 48.5 Å². The number of aryl methyl sites for hydroxylation is 3. The molecule has 0 spiro atoms. The van der Waals surface area contributed by atoms with Crippen LogP contribution in [0, 0.1) is 13.8 Å². The Balaban J connectivity index is 1.85. The van der Waals surface area contributed by atoms with E-state index in [9.17, 15) is 27.6 Å². The molecule has 0 aliphatic carbocycles. The van der Waals surface area contributed by atoms with Crippen molar-refractivity contribution in [1.82, 2.24) is 4.98 Å². The summed E-state index contributed by atoms with van der Waals surface area (Å²) in [4.78, 5) is 40.8. The number of nitrogens with zero attached hydrogens (tertiary/aromatic N) is 1. The van der Waals surface area contributed by atoms with Crippen molar-refractivity contribution >= 4 is 29.2 Å². The van der Waals surface area contributed by atoms with Crippen molar-refractivity contribution in [3.63, 3.8) is 0 Å². The van der Waals surface area contributed by atoms with Crippen LogP contribution >= 0.6 is 0 Å². The van der Waals surface area contributed by atoms with Gasteiger partial charge in [-0.05, 0) is 67.3 Å². The lowest BCUT2D eigenvalue weighted by molar-refractivity contribution is -0.138. The molecule has 0 unspecified atom stereocenters. The normalized spacial score (nSPS) is 11.2. The Hall–Kier alpha value is -4.21.